The summed E-state index contributed by atoms with van der Waals surface area (Å²) in [6.07, 6.45) is 1.38. The van der Waals surface area contributed by atoms with E-state index in [0.717, 1.165) is 6.42 Å². The van der Waals surface area contributed by atoms with Gasteiger partial charge in [0.1, 0.15) is 0 Å². The van der Waals surface area contributed by atoms with Gasteiger partial charge in [0.15, 0.2) is 12.4 Å². The van der Waals surface area contributed by atoms with Crippen LogP contribution in [0.25, 0.3) is 0 Å². The maximum Gasteiger partial charge on any atom is 0.311 e. The molecule has 1 aliphatic heterocycles. The van der Waals surface area contributed by atoms with Crippen molar-refractivity contribution in [3.63, 3.8) is 0 Å². The number of anilines is 2. The third kappa shape index (κ3) is 5.32. The first-order valence-corrected chi connectivity index (χ1v) is 9.60. The van der Waals surface area contributed by atoms with Crippen LogP contribution in [0.5, 0.6) is 0 Å². The van der Waals surface area contributed by atoms with E-state index in [0.29, 0.717) is 36.0 Å². The molecule has 1 aromatic carbocycles. The van der Waals surface area contributed by atoms with E-state index in [-0.39, 0.29) is 30.3 Å². The predicted octanol–water partition coefficient (Wildman–Crippen LogP) is 1.77. The Morgan fingerprint density at radius 1 is 1.24 bits per heavy atom. The number of nitrogens with zero attached hydrogens (tertiary/aromatic N) is 5. The summed E-state index contributed by atoms with van der Waals surface area (Å²) >= 11 is 5.88. The summed E-state index contributed by atoms with van der Waals surface area (Å²) in [6.45, 7) is 0.804. The summed E-state index contributed by atoms with van der Waals surface area (Å²) < 4.78 is 5.39. The topological polar surface area (TPSA) is 115 Å². The van der Waals surface area contributed by atoms with Crippen LogP contribution in [0, 0.1) is 5.92 Å². The van der Waals surface area contributed by atoms with Gasteiger partial charge in [-0.2, -0.15) is 15.0 Å². The summed E-state index contributed by atoms with van der Waals surface area (Å²) in [6, 6.07) is 6.71. The van der Waals surface area contributed by atoms with Crippen molar-refractivity contribution in [2.75, 3.05) is 37.8 Å². The number of likely N-dealkylation sites (tertiary alicyclic amines) is 1. The number of esters is 1. The van der Waals surface area contributed by atoms with Gasteiger partial charge in [-0.05, 0) is 37.1 Å². The van der Waals surface area contributed by atoms with Crippen LogP contribution in [-0.2, 0) is 16.1 Å². The minimum Gasteiger partial charge on any atom is -0.457 e. The molecule has 1 amide bonds. The van der Waals surface area contributed by atoms with Gasteiger partial charge in [-0.25, -0.2) is 0 Å². The third-order valence-electron chi connectivity index (χ3n) is 4.56. The Labute approximate surface area is 173 Å². The summed E-state index contributed by atoms with van der Waals surface area (Å²) in [5, 5.41) is 0.568. The minimum atomic E-state index is -0.396. The van der Waals surface area contributed by atoms with E-state index in [1.807, 2.05) is 0 Å². The summed E-state index contributed by atoms with van der Waals surface area (Å²) in [4.78, 5) is 40.8. The lowest BCUT2D eigenvalue weighted by molar-refractivity contribution is -0.151. The Bertz CT molecular complexity index is 890. The van der Waals surface area contributed by atoms with Crippen molar-refractivity contribution in [3.05, 3.63) is 40.7 Å². The maximum absolute atomic E-state index is 12.7. The van der Waals surface area contributed by atoms with Gasteiger partial charge < -0.3 is 20.3 Å². The molecule has 2 heterocycles. The van der Waals surface area contributed by atoms with Gasteiger partial charge in [-0.15, -0.1) is 0 Å². The van der Waals surface area contributed by atoms with Gasteiger partial charge in [0, 0.05) is 37.8 Å². The fourth-order valence-corrected chi connectivity index (χ4v) is 3.20. The fraction of sp³-hybridized carbons (Fsp3) is 0.421. The van der Waals surface area contributed by atoms with Crippen LogP contribution in [0.1, 0.15) is 29.0 Å². The van der Waals surface area contributed by atoms with Crippen LogP contribution < -0.4 is 10.6 Å². The second-order valence-corrected chi connectivity index (χ2v) is 7.45. The highest BCUT2D eigenvalue weighted by atomic mass is 35.5. The van der Waals surface area contributed by atoms with Crippen LogP contribution in [0.15, 0.2) is 24.3 Å². The summed E-state index contributed by atoms with van der Waals surface area (Å²) in [5.41, 5.74) is 6.22. The molecule has 9 nitrogen and oxygen atoms in total. The number of piperidine rings is 1. The molecular formula is C19H23ClN6O3. The number of hydrogen-bond acceptors (Lipinski definition) is 8. The molecule has 0 saturated carbocycles. The number of hydrogen-bond donors (Lipinski definition) is 1. The van der Waals surface area contributed by atoms with Gasteiger partial charge in [-0.1, -0.05) is 11.6 Å². The van der Waals surface area contributed by atoms with E-state index < -0.39 is 5.92 Å². The highest BCUT2D eigenvalue weighted by molar-refractivity contribution is 6.30. The normalized spacial score (nSPS) is 16.4. The Balaban J connectivity index is 1.60. The van der Waals surface area contributed by atoms with Gasteiger partial charge in [0.25, 0.3) is 5.91 Å². The van der Waals surface area contributed by atoms with E-state index in [1.165, 1.54) is 0 Å². The molecule has 2 aromatic rings. The van der Waals surface area contributed by atoms with Crippen LogP contribution in [0.4, 0.5) is 11.9 Å². The molecule has 0 radical (unpaired) electrons. The second kappa shape index (κ2) is 9.04. The molecule has 1 unspecified atom stereocenters. The van der Waals surface area contributed by atoms with Gasteiger partial charge in [0.05, 0.1) is 5.92 Å². The first kappa shape index (κ1) is 20.8. The summed E-state index contributed by atoms with van der Waals surface area (Å²) in [7, 11) is 3.55. The van der Waals surface area contributed by atoms with E-state index in [2.05, 4.69) is 15.0 Å². The molecular weight excluding hydrogens is 396 g/mol. The molecule has 1 aromatic heterocycles. The Morgan fingerprint density at radius 3 is 2.66 bits per heavy atom. The largest absolute Gasteiger partial charge is 0.457 e. The lowest BCUT2D eigenvalue weighted by atomic mass is 9.97. The number of carbonyl (C=O) groups is 2. The van der Waals surface area contributed by atoms with Crippen molar-refractivity contribution >= 4 is 35.4 Å². The molecule has 154 valence electrons. The average Bonchev–Trinajstić information content (AvgIpc) is 2.71. The molecule has 0 aliphatic carbocycles. The van der Waals surface area contributed by atoms with E-state index in [1.54, 1.807) is 48.2 Å². The molecule has 1 aliphatic rings. The third-order valence-corrected chi connectivity index (χ3v) is 4.82. The van der Waals surface area contributed by atoms with Crippen LogP contribution in [0.3, 0.4) is 0 Å². The van der Waals surface area contributed by atoms with E-state index in [9.17, 15) is 9.59 Å². The highest BCUT2D eigenvalue weighted by Gasteiger charge is 2.30. The highest BCUT2D eigenvalue weighted by Crippen LogP contribution is 2.21. The lowest BCUT2D eigenvalue weighted by Gasteiger charge is -2.31. The number of carbonyl (C=O) groups excluding carboxylic acids is 2. The molecule has 0 bridgehead atoms. The number of aromatic nitrogens is 3. The molecule has 0 spiro atoms. The number of benzene rings is 1. The molecule has 10 heteroatoms. The molecule has 29 heavy (non-hydrogen) atoms. The molecule has 3 rings (SSSR count). The molecule has 1 saturated heterocycles. The first-order valence-electron chi connectivity index (χ1n) is 9.22. The Hall–Kier alpha value is -2.94. The zero-order chi connectivity index (χ0) is 21.0. The van der Waals surface area contributed by atoms with Gasteiger partial charge in [0.2, 0.25) is 11.9 Å². The van der Waals surface area contributed by atoms with E-state index in [4.69, 9.17) is 22.1 Å². The molecule has 1 atom stereocenters. The maximum atomic E-state index is 12.7. The monoisotopic (exact) mass is 418 g/mol. The minimum absolute atomic E-state index is 0.0622. The number of amides is 1. The first-order chi connectivity index (χ1) is 13.8. The van der Waals surface area contributed by atoms with Crippen molar-refractivity contribution < 1.29 is 14.3 Å². The number of rotatable bonds is 5. The van der Waals surface area contributed by atoms with Crippen molar-refractivity contribution in [2.45, 2.75) is 19.4 Å². The van der Waals surface area contributed by atoms with Crippen molar-refractivity contribution in [2.24, 2.45) is 5.92 Å². The van der Waals surface area contributed by atoms with Crippen molar-refractivity contribution in [1.29, 1.82) is 0 Å². The number of halogens is 1. The van der Waals surface area contributed by atoms with Gasteiger partial charge >= 0.3 is 5.97 Å². The zero-order valence-electron chi connectivity index (χ0n) is 16.3. The van der Waals surface area contributed by atoms with Crippen molar-refractivity contribution in [3.8, 4) is 0 Å². The van der Waals surface area contributed by atoms with Crippen LogP contribution in [-0.4, -0.2) is 58.9 Å². The smallest absolute Gasteiger partial charge is 0.311 e. The predicted molar refractivity (Wildman–Crippen MR) is 108 cm³/mol. The number of nitrogens with two attached hydrogens (primary N) is 1. The van der Waals surface area contributed by atoms with Crippen LogP contribution >= 0.6 is 11.6 Å². The average molecular weight is 419 g/mol. The van der Waals surface area contributed by atoms with Crippen LogP contribution in [0.2, 0.25) is 5.02 Å². The number of ether oxygens (including phenoxy) is 1. The molecule has 2 N–H and O–H groups in total. The van der Waals surface area contributed by atoms with Gasteiger partial charge in [-0.3, -0.25) is 9.59 Å². The van der Waals surface area contributed by atoms with Crippen molar-refractivity contribution in [1.82, 2.24) is 19.9 Å². The number of nitrogen functional groups attached to an aromatic ring is 1. The second-order valence-electron chi connectivity index (χ2n) is 7.01. The zero-order valence-corrected chi connectivity index (χ0v) is 17.1. The Kier molecular flexibility index (Phi) is 6.48. The molecule has 1 fully saturated rings. The van der Waals surface area contributed by atoms with E-state index >= 15 is 0 Å². The summed E-state index contributed by atoms with van der Waals surface area (Å²) in [5.74, 6) is -0.177. The quantitative estimate of drug-likeness (QED) is 0.730. The standard InChI is InChI=1S/C19H23ClN6O3/c1-25(2)19-23-15(22-18(21)24-19)11-29-17(28)13-4-3-9-26(10-13)16(27)12-5-7-14(20)8-6-12/h5-8,13H,3-4,9-11H2,1-2H3,(H2,21,22,23,24). The Morgan fingerprint density at radius 2 is 1.97 bits per heavy atom. The lowest BCUT2D eigenvalue weighted by Crippen LogP contribution is -2.42. The SMILES string of the molecule is CN(C)c1nc(N)nc(COC(=O)C2CCCN(C(=O)c3ccc(Cl)cc3)C2)n1. The fourth-order valence-electron chi connectivity index (χ4n) is 3.07.